The Morgan fingerprint density at radius 1 is 1.50 bits per heavy atom. The normalized spacial score (nSPS) is 11.3. The van der Waals surface area contributed by atoms with Gasteiger partial charge in [0.15, 0.2) is 0 Å². The predicted octanol–water partition coefficient (Wildman–Crippen LogP) is 3.48. The lowest BCUT2D eigenvalue weighted by Crippen LogP contribution is -2.33. The molecular weight excluding hydrogens is 256 g/mol. The number of hydrogen-bond donors (Lipinski definition) is 1. The van der Waals surface area contributed by atoms with E-state index in [9.17, 15) is 10.1 Å². The summed E-state index contributed by atoms with van der Waals surface area (Å²) < 4.78 is 5.52. The molecule has 0 radical (unpaired) electrons. The molecule has 0 bridgehead atoms. The molecule has 100 valence electrons. The van der Waals surface area contributed by atoms with Gasteiger partial charge in [-0.05, 0) is 32.9 Å². The Bertz CT molecular complexity index is 435. The first-order chi connectivity index (χ1) is 8.35. The van der Waals surface area contributed by atoms with E-state index < -0.39 is 4.92 Å². The van der Waals surface area contributed by atoms with Crippen LogP contribution in [0.25, 0.3) is 0 Å². The van der Waals surface area contributed by atoms with Crippen LogP contribution in [0, 0.1) is 10.1 Å². The van der Waals surface area contributed by atoms with E-state index in [-0.39, 0.29) is 11.3 Å². The van der Waals surface area contributed by atoms with Crippen LogP contribution in [0.3, 0.4) is 0 Å². The quantitative estimate of drug-likeness (QED) is 0.636. The third-order valence-electron chi connectivity index (χ3n) is 2.40. The first-order valence-electron chi connectivity index (χ1n) is 5.67. The van der Waals surface area contributed by atoms with Crippen molar-refractivity contribution in [1.82, 2.24) is 0 Å². The largest absolute Gasteiger partial charge is 0.377 e. The Labute approximate surface area is 111 Å². The maximum absolute atomic E-state index is 10.9. The molecule has 0 atom stereocenters. The van der Waals surface area contributed by atoms with Gasteiger partial charge in [0, 0.05) is 24.2 Å². The van der Waals surface area contributed by atoms with Crippen LogP contribution in [-0.4, -0.2) is 23.7 Å². The number of halogens is 1. The van der Waals surface area contributed by atoms with Gasteiger partial charge < -0.3 is 10.1 Å². The van der Waals surface area contributed by atoms with Gasteiger partial charge in [0.05, 0.1) is 10.5 Å². The van der Waals surface area contributed by atoms with Crippen LogP contribution in [0.4, 0.5) is 11.4 Å². The van der Waals surface area contributed by atoms with Gasteiger partial charge in [-0.2, -0.15) is 0 Å². The zero-order valence-corrected chi connectivity index (χ0v) is 11.5. The fourth-order valence-electron chi connectivity index (χ4n) is 1.56. The number of nitrogens with one attached hydrogen (secondary N) is 1. The molecule has 1 rings (SSSR count). The SMILES string of the molecule is CCOC(C)(C)CNc1ccc(Cl)cc1[N+](=O)[O-]. The van der Waals surface area contributed by atoms with Gasteiger partial charge in [-0.3, -0.25) is 10.1 Å². The summed E-state index contributed by atoms with van der Waals surface area (Å²) in [5, 5.41) is 14.3. The van der Waals surface area contributed by atoms with Crippen LogP contribution in [0.15, 0.2) is 18.2 Å². The number of rotatable bonds is 6. The van der Waals surface area contributed by atoms with Crippen LogP contribution < -0.4 is 5.32 Å². The van der Waals surface area contributed by atoms with Crippen molar-refractivity contribution in [3.63, 3.8) is 0 Å². The van der Waals surface area contributed by atoms with E-state index in [0.29, 0.717) is 23.9 Å². The molecular formula is C12H17ClN2O3. The second-order valence-corrected chi connectivity index (χ2v) is 4.90. The van der Waals surface area contributed by atoms with Crippen molar-refractivity contribution in [2.45, 2.75) is 26.4 Å². The molecule has 1 N–H and O–H groups in total. The molecule has 0 amide bonds. The van der Waals surface area contributed by atoms with Crippen molar-refractivity contribution in [3.8, 4) is 0 Å². The molecule has 18 heavy (non-hydrogen) atoms. The molecule has 0 aromatic heterocycles. The van der Waals surface area contributed by atoms with E-state index in [2.05, 4.69) is 5.32 Å². The van der Waals surface area contributed by atoms with Gasteiger partial charge >= 0.3 is 0 Å². The summed E-state index contributed by atoms with van der Waals surface area (Å²) in [6, 6.07) is 4.55. The molecule has 0 saturated heterocycles. The zero-order valence-electron chi connectivity index (χ0n) is 10.7. The summed E-state index contributed by atoms with van der Waals surface area (Å²) in [5.41, 5.74) is 0.0226. The van der Waals surface area contributed by atoms with Crippen LogP contribution in [0.5, 0.6) is 0 Å². The molecule has 1 aromatic carbocycles. The van der Waals surface area contributed by atoms with Gasteiger partial charge in [0.2, 0.25) is 0 Å². The van der Waals surface area contributed by atoms with Crippen molar-refractivity contribution >= 4 is 23.0 Å². The van der Waals surface area contributed by atoms with Crippen molar-refractivity contribution in [3.05, 3.63) is 33.3 Å². The Morgan fingerprint density at radius 3 is 2.72 bits per heavy atom. The number of nitro benzene ring substituents is 1. The molecule has 0 aliphatic rings. The highest BCUT2D eigenvalue weighted by Crippen LogP contribution is 2.28. The first kappa shape index (κ1) is 14.7. The number of anilines is 1. The lowest BCUT2D eigenvalue weighted by molar-refractivity contribution is -0.384. The summed E-state index contributed by atoms with van der Waals surface area (Å²) in [6.45, 7) is 6.82. The van der Waals surface area contributed by atoms with Crippen molar-refractivity contribution in [2.24, 2.45) is 0 Å². The highest BCUT2D eigenvalue weighted by atomic mass is 35.5. The summed E-state index contributed by atoms with van der Waals surface area (Å²) >= 11 is 5.74. The lowest BCUT2D eigenvalue weighted by atomic mass is 10.1. The van der Waals surface area contributed by atoms with Crippen LogP contribution in [0.1, 0.15) is 20.8 Å². The molecule has 6 heteroatoms. The molecule has 0 spiro atoms. The van der Waals surface area contributed by atoms with Crippen LogP contribution in [-0.2, 0) is 4.74 Å². The van der Waals surface area contributed by atoms with E-state index in [4.69, 9.17) is 16.3 Å². The van der Waals surface area contributed by atoms with E-state index in [0.717, 1.165) is 0 Å². The van der Waals surface area contributed by atoms with E-state index in [1.807, 2.05) is 20.8 Å². The molecule has 0 aliphatic heterocycles. The van der Waals surface area contributed by atoms with E-state index >= 15 is 0 Å². The van der Waals surface area contributed by atoms with Crippen LogP contribution in [0.2, 0.25) is 5.02 Å². The van der Waals surface area contributed by atoms with E-state index in [1.54, 1.807) is 12.1 Å². The maximum Gasteiger partial charge on any atom is 0.293 e. The molecule has 0 saturated carbocycles. The average molecular weight is 273 g/mol. The van der Waals surface area contributed by atoms with Gasteiger partial charge in [-0.25, -0.2) is 0 Å². The van der Waals surface area contributed by atoms with Gasteiger partial charge in [-0.15, -0.1) is 0 Å². The Balaban J connectivity index is 2.82. The third kappa shape index (κ3) is 4.16. The highest BCUT2D eigenvalue weighted by molar-refractivity contribution is 6.30. The summed E-state index contributed by atoms with van der Waals surface area (Å²) in [7, 11) is 0. The van der Waals surface area contributed by atoms with Crippen molar-refractivity contribution in [2.75, 3.05) is 18.5 Å². The van der Waals surface area contributed by atoms with Gasteiger partial charge in [0.1, 0.15) is 5.69 Å². The number of ether oxygens (including phenoxy) is 1. The fourth-order valence-corrected chi connectivity index (χ4v) is 1.72. The minimum atomic E-state index is -0.456. The van der Waals surface area contributed by atoms with Crippen molar-refractivity contribution < 1.29 is 9.66 Å². The number of nitro groups is 1. The van der Waals surface area contributed by atoms with E-state index in [1.165, 1.54) is 6.07 Å². The Kier molecular flexibility index (Phi) is 4.93. The minimum absolute atomic E-state index is 0.0326. The lowest BCUT2D eigenvalue weighted by Gasteiger charge is -2.25. The molecule has 0 fully saturated rings. The second kappa shape index (κ2) is 6.02. The summed E-state index contributed by atoms with van der Waals surface area (Å²) in [5.74, 6) is 0. The molecule has 0 heterocycles. The third-order valence-corrected chi connectivity index (χ3v) is 2.63. The number of hydrogen-bond acceptors (Lipinski definition) is 4. The molecule has 0 aliphatic carbocycles. The first-order valence-corrected chi connectivity index (χ1v) is 6.05. The second-order valence-electron chi connectivity index (χ2n) is 4.46. The Morgan fingerprint density at radius 2 is 2.17 bits per heavy atom. The highest BCUT2D eigenvalue weighted by Gasteiger charge is 2.20. The van der Waals surface area contributed by atoms with Crippen molar-refractivity contribution in [1.29, 1.82) is 0 Å². The molecule has 5 nitrogen and oxygen atoms in total. The maximum atomic E-state index is 10.9. The predicted molar refractivity (Wildman–Crippen MR) is 72.3 cm³/mol. The summed E-state index contributed by atoms with van der Waals surface area (Å²) in [6.07, 6.45) is 0. The molecule has 1 aromatic rings. The standard InChI is InChI=1S/C12H17ClN2O3/c1-4-18-12(2,3)8-14-10-6-5-9(13)7-11(10)15(16)17/h5-7,14H,4,8H2,1-3H3. The topological polar surface area (TPSA) is 64.4 Å². The summed E-state index contributed by atoms with van der Waals surface area (Å²) in [4.78, 5) is 10.4. The number of nitrogens with zero attached hydrogens (tertiary/aromatic N) is 1. The monoisotopic (exact) mass is 272 g/mol. The average Bonchev–Trinajstić information content (AvgIpc) is 2.27. The smallest absolute Gasteiger partial charge is 0.293 e. The fraction of sp³-hybridized carbons (Fsp3) is 0.500. The van der Waals surface area contributed by atoms with Gasteiger partial charge in [0.25, 0.3) is 5.69 Å². The minimum Gasteiger partial charge on any atom is -0.377 e. The van der Waals surface area contributed by atoms with Crippen LogP contribution >= 0.6 is 11.6 Å². The number of benzene rings is 1. The Hall–Kier alpha value is -1.33. The van der Waals surface area contributed by atoms with Gasteiger partial charge in [-0.1, -0.05) is 11.6 Å². The zero-order chi connectivity index (χ0) is 13.8. The molecule has 0 unspecified atom stereocenters.